The van der Waals surface area contributed by atoms with Gasteiger partial charge >= 0.3 is 0 Å². The van der Waals surface area contributed by atoms with E-state index >= 15 is 0 Å². The van der Waals surface area contributed by atoms with E-state index in [1.807, 2.05) is 0 Å². The van der Waals surface area contributed by atoms with Crippen molar-refractivity contribution in [1.82, 2.24) is 36.5 Å². The molecule has 0 unspecified atom stereocenters. The fraction of sp³-hybridized carbons (Fsp3) is 0.0500. The highest BCUT2D eigenvalue weighted by atomic mass is 15.1. The minimum atomic E-state index is -0.142. The van der Waals surface area contributed by atoms with Gasteiger partial charge in [0.25, 0.3) is 0 Å². The summed E-state index contributed by atoms with van der Waals surface area (Å²) in [6.07, 6.45) is 0. The van der Waals surface area contributed by atoms with Gasteiger partial charge < -0.3 is 36.5 Å². The zero-order valence-corrected chi connectivity index (χ0v) is 72.2. The first-order valence-electron chi connectivity index (χ1n) is 45.0. The molecule has 0 saturated heterocycles. The Morgan fingerprint density at radius 1 is 0.155 bits per heavy atom. The maximum absolute atomic E-state index is 2.57. The molecule has 0 bridgehead atoms. The maximum Gasteiger partial charge on any atom is 0.242 e. The quantitative estimate of drug-likeness (QED) is 0.116. The van der Waals surface area contributed by atoms with Crippen molar-refractivity contribution >= 4 is 198 Å². The molecule has 129 heavy (non-hydrogen) atoms. The van der Waals surface area contributed by atoms with E-state index in [2.05, 4.69) is 472 Å². The van der Waals surface area contributed by atoms with Crippen molar-refractivity contribution in [3.8, 4) is 45.5 Å². The van der Waals surface area contributed by atoms with Gasteiger partial charge in [0.15, 0.2) is 0 Å². The van der Waals surface area contributed by atoms with E-state index in [0.29, 0.717) is 0 Å². The molecule has 0 fully saturated rings. The number of hydrogen-bond donors (Lipinski definition) is 0. The predicted molar refractivity (Wildman–Crippen MR) is 547 cm³/mol. The average molecular weight is 1650 g/mol. The second-order valence-corrected chi connectivity index (χ2v) is 35.8. The minimum absolute atomic E-state index is 0.142. The first-order valence-corrected chi connectivity index (χ1v) is 45.0. The molecule has 0 saturated carbocycles. The van der Waals surface area contributed by atoms with Gasteiger partial charge in [-0.05, 0) is 217 Å². The fourth-order valence-corrected chi connectivity index (χ4v) is 23.6. The molecule has 27 aromatic rings. The van der Waals surface area contributed by atoms with Gasteiger partial charge in [-0.1, -0.05) is 268 Å². The lowest BCUT2D eigenvalue weighted by molar-refractivity contribution is 1.13. The van der Waals surface area contributed by atoms with Gasteiger partial charge in [0.1, 0.15) is 0 Å². The zero-order chi connectivity index (χ0) is 85.4. The summed E-state index contributed by atoms with van der Waals surface area (Å²) in [5.74, 6) is 0. The molecule has 0 aliphatic carbocycles. The molecule has 8 aromatic heterocycles. The van der Waals surface area contributed by atoms with Crippen LogP contribution in [-0.4, -0.2) is 43.2 Å². The molecule has 0 aliphatic heterocycles. The second-order valence-electron chi connectivity index (χ2n) is 35.8. The molecule has 0 spiro atoms. The number of nitrogens with zero attached hydrogens (tertiary/aromatic N) is 8. The van der Waals surface area contributed by atoms with E-state index in [1.165, 1.54) is 175 Å². The lowest BCUT2D eigenvalue weighted by Crippen LogP contribution is -2.56. The summed E-state index contributed by atoms with van der Waals surface area (Å²) in [6.45, 7) is 13.7. The number of aryl methyl sites for hydroxylation is 6. The monoisotopic (exact) mass is 1650 g/mol. The first-order chi connectivity index (χ1) is 63.5. The van der Waals surface area contributed by atoms with Crippen LogP contribution in [0.2, 0.25) is 0 Å². The van der Waals surface area contributed by atoms with Gasteiger partial charge in [-0.15, -0.1) is 0 Å². The molecule has 0 N–H and O–H groups in total. The number of para-hydroxylation sites is 10. The average Bonchev–Trinajstić information content (AvgIpc) is 1.54. The third-order valence-electron chi connectivity index (χ3n) is 28.5. The van der Waals surface area contributed by atoms with E-state index in [1.54, 1.807) is 0 Å². The number of aromatic nitrogens is 8. The first kappa shape index (κ1) is 73.0. The molecule has 0 atom stereocenters. The van der Waals surface area contributed by atoms with Gasteiger partial charge in [-0.3, -0.25) is 0 Å². The van der Waals surface area contributed by atoms with E-state index in [-0.39, 0.29) is 6.71 Å². The van der Waals surface area contributed by atoms with Crippen LogP contribution in [0.3, 0.4) is 0 Å². The Bertz CT molecular complexity index is 9440. The van der Waals surface area contributed by atoms with Crippen LogP contribution in [0.4, 0.5) is 0 Å². The molecule has 19 aromatic carbocycles. The van der Waals surface area contributed by atoms with Gasteiger partial charge in [0.05, 0.1) is 88.3 Å². The molecular formula is C120H83BN8. The Hall–Kier alpha value is -16.4. The van der Waals surface area contributed by atoms with Gasteiger partial charge in [0, 0.05) is 132 Å². The van der Waals surface area contributed by atoms with Gasteiger partial charge in [-0.2, -0.15) is 0 Å². The summed E-state index contributed by atoms with van der Waals surface area (Å²) in [6, 6.07) is 149. The summed E-state index contributed by atoms with van der Waals surface area (Å²) < 4.78 is 20.1. The van der Waals surface area contributed by atoms with Crippen molar-refractivity contribution in [2.24, 2.45) is 0 Å². The Labute approximate surface area is 743 Å². The number of rotatable bonds is 11. The van der Waals surface area contributed by atoms with Crippen molar-refractivity contribution in [3.05, 3.63) is 428 Å². The number of fused-ring (bicyclic) bond motifs is 26. The lowest BCUT2D eigenvalue weighted by atomic mass is 9.34. The third-order valence-corrected chi connectivity index (χ3v) is 28.5. The number of benzene rings is 19. The van der Waals surface area contributed by atoms with Crippen molar-refractivity contribution in [3.63, 3.8) is 0 Å². The number of hydrogen-bond acceptors (Lipinski definition) is 0. The van der Waals surface area contributed by atoms with Gasteiger partial charge in [0.2, 0.25) is 6.71 Å². The van der Waals surface area contributed by atoms with Crippen LogP contribution < -0.4 is 16.4 Å². The third kappa shape index (κ3) is 10.5. The predicted octanol–water partition coefficient (Wildman–Crippen LogP) is 28.8. The molecule has 0 aliphatic rings. The second kappa shape index (κ2) is 27.6. The summed E-state index contributed by atoms with van der Waals surface area (Å²) >= 11 is 0. The van der Waals surface area contributed by atoms with Crippen LogP contribution in [0.25, 0.3) is 220 Å². The molecular weight excluding hydrogens is 1560 g/mol. The minimum Gasteiger partial charge on any atom is -0.309 e. The zero-order valence-electron chi connectivity index (χ0n) is 72.2. The maximum atomic E-state index is 2.57. The molecule has 8 nitrogen and oxygen atoms in total. The van der Waals surface area contributed by atoms with Crippen LogP contribution in [0.5, 0.6) is 0 Å². The van der Waals surface area contributed by atoms with Gasteiger partial charge in [-0.25, -0.2) is 0 Å². The fourth-order valence-electron chi connectivity index (χ4n) is 23.6. The van der Waals surface area contributed by atoms with E-state index < -0.39 is 0 Å². The molecule has 0 radical (unpaired) electrons. The lowest BCUT2D eigenvalue weighted by Gasteiger charge is -2.26. The Morgan fingerprint density at radius 3 is 0.705 bits per heavy atom. The van der Waals surface area contributed by atoms with Crippen LogP contribution in [0.15, 0.2) is 394 Å². The smallest absolute Gasteiger partial charge is 0.242 e. The Morgan fingerprint density at radius 2 is 0.388 bits per heavy atom. The SMILES string of the molecule is Cc1cc(C)c(B(c2cc(-n3c4ccccc4c4cc(-n5c6ccccc6c6c7c8ccccc8n(-c8ccc9c(c8)c8ccccc8n9-c8ccccc8)c7ccc65)ccc43)cc(-n3c4ccccc4c4cc(-n5c6ccccc6c6ccc7c8ccccc8n(-c8ccc9c(c8)c8ccccc8n9-c8ccccc8)c7c65)ccc43)c2)c2c(C)cc(C)cc2C)c(C)c1. The van der Waals surface area contributed by atoms with Crippen LogP contribution in [-0.2, 0) is 0 Å². The van der Waals surface area contributed by atoms with E-state index in [4.69, 9.17) is 0 Å². The van der Waals surface area contributed by atoms with E-state index in [9.17, 15) is 0 Å². The summed E-state index contributed by atoms with van der Waals surface area (Å²) in [5, 5.41) is 19.3. The van der Waals surface area contributed by atoms with Crippen molar-refractivity contribution in [2.45, 2.75) is 41.5 Å². The normalized spacial score (nSPS) is 12.3. The highest BCUT2D eigenvalue weighted by Gasteiger charge is 2.33. The molecule has 9 heteroatoms. The van der Waals surface area contributed by atoms with Crippen molar-refractivity contribution in [1.29, 1.82) is 0 Å². The molecule has 27 rings (SSSR count). The van der Waals surface area contributed by atoms with E-state index in [0.717, 1.165) is 95.1 Å². The topological polar surface area (TPSA) is 39.4 Å². The summed E-state index contributed by atoms with van der Waals surface area (Å²) in [5.41, 5.74) is 39.0. The molecule has 0 amide bonds. The van der Waals surface area contributed by atoms with Crippen molar-refractivity contribution in [2.75, 3.05) is 0 Å². The highest BCUT2D eigenvalue weighted by molar-refractivity contribution is 6.96. The highest BCUT2D eigenvalue weighted by Crippen LogP contribution is 2.49. The van der Waals surface area contributed by atoms with Crippen LogP contribution in [0, 0.1) is 41.5 Å². The van der Waals surface area contributed by atoms with Crippen LogP contribution >= 0.6 is 0 Å². The van der Waals surface area contributed by atoms with Crippen molar-refractivity contribution < 1.29 is 0 Å². The molecule has 606 valence electrons. The summed E-state index contributed by atoms with van der Waals surface area (Å²) in [4.78, 5) is 0. The van der Waals surface area contributed by atoms with Crippen LogP contribution in [0.1, 0.15) is 33.4 Å². The molecule has 8 heterocycles. The Balaban J connectivity index is 0.668. The Kier molecular flexibility index (Phi) is 15.6. The standard InChI is InChI=1S/C120H83BN8/c1-72-61-74(3)117(75(4)62-72)121(118-76(5)63-73(2)64-77(118)6)78-65-85(126-103-43-23-17-37-91(103)98-69-82(50-56-111(98)126)125-108-48-28-20-40-96(108)116-114(125)60-59-113-115(116)95-39-19-27-47-107(95)124(113)81-49-55-109-97(68-81)89-35-15-21-41-101(89)122(109)79-29-9-7-10-30-79)67-86(66-78)127-104-44-24-18-38-92(104)100-71-84(52-58-112(100)127)129-106-46-26-14-34-88(106)94-54-53-93-87-33-13-25-45-105(87)128(119(93)120(94)129)83-51-57-110-99(70-83)90-36-16-22-42-102(90)123(110)80-31-11-8-12-32-80/h7-71H,1-6H3. The largest absolute Gasteiger partial charge is 0.309 e. The summed E-state index contributed by atoms with van der Waals surface area (Å²) in [7, 11) is 0.